The number of amides is 2. The van der Waals surface area contributed by atoms with Crippen molar-refractivity contribution in [3.8, 4) is 0 Å². The third-order valence-electron chi connectivity index (χ3n) is 4.78. The number of benzene rings is 1. The summed E-state index contributed by atoms with van der Waals surface area (Å²) in [5.41, 5.74) is -0.0368. The molecule has 1 saturated carbocycles. The summed E-state index contributed by atoms with van der Waals surface area (Å²) in [6.07, 6.45) is 4.93. The zero-order valence-corrected chi connectivity index (χ0v) is 17.3. The van der Waals surface area contributed by atoms with Crippen molar-refractivity contribution in [1.29, 1.82) is 0 Å². The summed E-state index contributed by atoms with van der Waals surface area (Å²) >= 11 is 0. The molecular formula is C22H32N2O4. The van der Waals surface area contributed by atoms with Gasteiger partial charge in [0.2, 0.25) is 11.8 Å². The van der Waals surface area contributed by atoms with E-state index in [4.69, 9.17) is 4.74 Å². The van der Waals surface area contributed by atoms with Crippen LogP contribution in [-0.4, -0.2) is 29.4 Å². The molecule has 0 aliphatic heterocycles. The van der Waals surface area contributed by atoms with E-state index in [0.717, 1.165) is 12.8 Å². The number of hydrogen-bond donors (Lipinski definition) is 2. The fourth-order valence-electron chi connectivity index (χ4n) is 3.39. The van der Waals surface area contributed by atoms with Crippen LogP contribution in [0, 0.1) is 5.92 Å². The lowest BCUT2D eigenvalue weighted by atomic mass is 10.0. The van der Waals surface area contributed by atoms with Crippen LogP contribution in [0.2, 0.25) is 0 Å². The van der Waals surface area contributed by atoms with Crippen molar-refractivity contribution in [2.75, 3.05) is 0 Å². The molecule has 1 fully saturated rings. The SMILES string of the molecule is C[C@H](NC(=O)CC1CCCC1)C(=O)N[C@H](C(=O)OC(C)(C)C)c1ccccc1. The van der Waals surface area contributed by atoms with Gasteiger partial charge in [-0.1, -0.05) is 43.2 Å². The van der Waals surface area contributed by atoms with Crippen molar-refractivity contribution in [1.82, 2.24) is 10.6 Å². The predicted molar refractivity (Wildman–Crippen MR) is 107 cm³/mol. The largest absolute Gasteiger partial charge is 0.458 e. The maximum Gasteiger partial charge on any atom is 0.333 e. The van der Waals surface area contributed by atoms with Crippen molar-refractivity contribution >= 4 is 17.8 Å². The molecule has 2 atom stereocenters. The maximum atomic E-state index is 12.6. The van der Waals surface area contributed by atoms with Crippen LogP contribution in [0.15, 0.2) is 30.3 Å². The summed E-state index contributed by atoms with van der Waals surface area (Å²) in [6, 6.07) is 7.29. The van der Waals surface area contributed by atoms with Gasteiger partial charge in [-0.3, -0.25) is 9.59 Å². The van der Waals surface area contributed by atoms with Gasteiger partial charge < -0.3 is 15.4 Å². The molecule has 0 radical (unpaired) electrons. The lowest BCUT2D eigenvalue weighted by molar-refractivity contribution is -0.159. The van der Waals surface area contributed by atoms with E-state index in [0.29, 0.717) is 17.9 Å². The molecule has 1 aliphatic carbocycles. The first-order valence-corrected chi connectivity index (χ1v) is 10.0. The Morgan fingerprint density at radius 2 is 1.68 bits per heavy atom. The summed E-state index contributed by atoms with van der Waals surface area (Å²) in [7, 11) is 0. The molecule has 2 N–H and O–H groups in total. The van der Waals surface area contributed by atoms with E-state index >= 15 is 0 Å². The molecule has 6 nitrogen and oxygen atoms in total. The summed E-state index contributed by atoms with van der Waals surface area (Å²) in [5, 5.41) is 5.47. The van der Waals surface area contributed by atoms with Gasteiger partial charge in [-0.2, -0.15) is 0 Å². The summed E-state index contributed by atoms with van der Waals surface area (Å²) in [5.74, 6) is -0.659. The zero-order valence-electron chi connectivity index (χ0n) is 17.3. The van der Waals surface area contributed by atoms with Crippen molar-refractivity contribution < 1.29 is 19.1 Å². The average molecular weight is 389 g/mol. The van der Waals surface area contributed by atoms with Gasteiger partial charge in [-0.15, -0.1) is 0 Å². The van der Waals surface area contributed by atoms with Crippen molar-refractivity contribution in [3.05, 3.63) is 35.9 Å². The Hall–Kier alpha value is -2.37. The molecule has 6 heteroatoms. The molecule has 154 valence electrons. The molecule has 1 aromatic rings. The minimum Gasteiger partial charge on any atom is -0.458 e. The van der Waals surface area contributed by atoms with Crippen LogP contribution in [0.3, 0.4) is 0 Å². The van der Waals surface area contributed by atoms with Crippen molar-refractivity contribution in [2.24, 2.45) is 5.92 Å². The van der Waals surface area contributed by atoms with Crippen molar-refractivity contribution in [3.63, 3.8) is 0 Å². The van der Waals surface area contributed by atoms with Crippen LogP contribution in [0.1, 0.15) is 71.4 Å². The van der Waals surface area contributed by atoms with Crippen LogP contribution < -0.4 is 10.6 Å². The number of nitrogens with one attached hydrogen (secondary N) is 2. The van der Waals surface area contributed by atoms with E-state index in [1.54, 1.807) is 52.0 Å². The fourth-order valence-corrected chi connectivity index (χ4v) is 3.39. The van der Waals surface area contributed by atoms with E-state index in [-0.39, 0.29) is 5.91 Å². The van der Waals surface area contributed by atoms with Crippen LogP contribution in [0.4, 0.5) is 0 Å². The maximum absolute atomic E-state index is 12.6. The minimum absolute atomic E-state index is 0.122. The van der Waals surface area contributed by atoms with Gasteiger partial charge in [0.25, 0.3) is 0 Å². The van der Waals surface area contributed by atoms with Gasteiger partial charge in [0, 0.05) is 6.42 Å². The molecule has 2 rings (SSSR count). The molecular weight excluding hydrogens is 356 g/mol. The molecule has 28 heavy (non-hydrogen) atoms. The molecule has 0 aromatic heterocycles. The highest BCUT2D eigenvalue weighted by Gasteiger charge is 2.30. The Bertz CT molecular complexity index is 676. The monoisotopic (exact) mass is 388 g/mol. The first-order chi connectivity index (χ1) is 13.2. The average Bonchev–Trinajstić information content (AvgIpc) is 3.11. The van der Waals surface area contributed by atoms with Gasteiger partial charge in [0.05, 0.1) is 0 Å². The topological polar surface area (TPSA) is 84.5 Å². The second kappa shape index (κ2) is 9.71. The van der Waals surface area contributed by atoms with Crippen LogP contribution in [0.5, 0.6) is 0 Å². The number of carbonyl (C=O) groups excluding carboxylic acids is 3. The van der Waals surface area contributed by atoms with Crippen molar-refractivity contribution in [2.45, 2.75) is 77.5 Å². The van der Waals surface area contributed by atoms with Gasteiger partial charge in [0.1, 0.15) is 11.6 Å². The molecule has 0 unspecified atom stereocenters. The molecule has 1 aliphatic rings. The Morgan fingerprint density at radius 1 is 1.07 bits per heavy atom. The third kappa shape index (κ3) is 6.98. The Balaban J connectivity index is 2.00. The first-order valence-electron chi connectivity index (χ1n) is 10.0. The normalized spacial score (nSPS) is 16.9. The quantitative estimate of drug-likeness (QED) is 0.702. The lowest BCUT2D eigenvalue weighted by Crippen LogP contribution is -2.48. The highest BCUT2D eigenvalue weighted by molar-refractivity contribution is 5.91. The Kier molecular flexibility index (Phi) is 7.61. The highest BCUT2D eigenvalue weighted by Crippen LogP contribution is 2.27. The summed E-state index contributed by atoms with van der Waals surface area (Å²) < 4.78 is 5.46. The van der Waals surface area contributed by atoms with E-state index in [9.17, 15) is 14.4 Å². The number of esters is 1. The van der Waals surface area contributed by atoms with Crippen LogP contribution in [-0.2, 0) is 19.1 Å². The number of rotatable bonds is 7. The number of ether oxygens (including phenoxy) is 1. The van der Waals surface area contributed by atoms with Crippen LogP contribution >= 0.6 is 0 Å². The van der Waals surface area contributed by atoms with E-state index in [1.807, 2.05) is 6.07 Å². The predicted octanol–water partition coefficient (Wildman–Crippen LogP) is 3.27. The number of hydrogen-bond acceptors (Lipinski definition) is 4. The van der Waals surface area contributed by atoms with E-state index in [1.165, 1.54) is 12.8 Å². The standard InChI is InChI=1S/C22H32N2O4/c1-15(23-18(25)14-16-10-8-9-11-16)20(26)24-19(17-12-6-5-7-13-17)21(27)28-22(2,3)4/h5-7,12-13,15-16,19H,8-11,14H2,1-4H3,(H,23,25)(H,24,26)/t15-,19-/m0/s1. The van der Waals surface area contributed by atoms with Gasteiger partial charge in [-0.25, -0.2) is 4.79 Å². The molecule has 0 spiro atoms. The molecule has 0 heterocycles. The molecule has 0 bridgehead atoms. The number of carbonyl (C=O) groups is 3. The Morgan fingerprint density at radius 3 is 2.25 bits per heavy atom. The Labute approximate surface area is 167 Å². The van der Waals surface area contributed by atoms with Gasteiger partial charge in [-0.05, 0) is 52.0 Å². The fraction of sp³-hybridized carbons (Fsp3) is 0.591. The second-order valence-corrected chi connectivity index (χ2v) is 8.53. The molecule has 1 aromatic carbocycles. The van der Waals surface area contributed by atoms with E-state index < -0.39 is 29.6 Å². The minimum atomic E-state index is -0.929. The highest BCUT2D eigenvalue weighted by atomic mass is 16.6. The zero-order chi connectivity index (χ0) is 20.7. The second-order valence-electron chi connectivity index (χ2n) is 8.53. The van der Waals surface area contributed by atoms with E-state index in [2.05, 4.69) is 10.6 Å². The molecule has 0 saturated heterocycles. The van der Waals surface area contributed by atoms with Gasteiger partial charge in [0.15, 0.2) is 6.04 Å². The molecule has 2 amide bonds. The first kappa shape index (κ1) is 21.9. The third-order valence-corrected chi connectivity index (χ3v) is 4.78. The lowest BCUT2D eigenvalue weighted by Gasteiger charge is -2.26. The van der Waals surface area contributed by atoms with Gasteiger partial charge >= 0.3 is 5.97 Å². The summed E-state index contributed by atoms with van der Waals surface area (Å²) in [4.78, 5) is 37.5. The smallest absolute Gasteiger partial charge is 0.333 e. The van der Waals surface area contributed by atoms with Crippen LogP contribution in [0.25, 0.3) is 0 Å². The summed E-state index contributed by atoms with van der Waals surface area (Å²) in [6.45, 7) is 6.96.